The molecule has 2 aromatic heterocycles. The van der Waals surface area contributed by atoms with Crippen LogP contribution < -0.4 is 11.5 Å². The lowest BCUT2D eigenvalue weighted by molar-refractivity contribution is 0.1000. The highest BCUT2D eigenvalue weighted by atomic mass is 127. The number of nitrogen functional groups attached to an aromatic ring is 1. The molecule has 0 bridgehead atoms. The van der Waals surface area contributed by atoms with E-state index in [1.54, 1.807) is 6.07 Å². The van der Waals surface area contributed by atoms with Crippen LogP contribution in [-0.4, -0.2) is 15.9 Å². The molecule has 0 aliphatic carbocycles. The highest BCUT2D eigenvalue weighted by Gasteiger charge is 2.06. The summed E-state index contributed by atoms with van der Waals surface area (Å²) < 4.78 is 0.823. The number of aromatic nitrogens is 2. The molecule has 0 radical (unpaired) electrons. The first-order valence-electron chi connectivity index (χ1n) is 4.09. The van der Waals surface area contributed by atoms with Crippen molar-refractivity contribution < 1.29 is 4.79 Å². The van der Waals surface area contributed by atoms with Gasteiger partial charge in [-0.3, -0.25) is 4.79 Å². The van der Waals surface area contributed by atoms with Gasteiger partial charge in [-0.2, -0.15) is 0 Å². The van der Waals surface area contributed by atoms with Crippen molar-refractivity contribution in [3.05, 3.63) is 27.5 Å². The molecule has 4 N–H and O–H groups in total. The minimum Gasteiger partial charge on any atom is -0.383 e. The molecule has 76 valence electrons. The Balaban J connectivity index is 2.72. The van der Waals surface area contributed by atoms with Crippen LogP contribution in [0.2, 0.25) is 0 Å². The Morgan fingerprint density at radius 1 is 1.40 bits per heavy atom. The van der Waals surface area contributed by atoms with Gasteiger partial charge >= 0.3 is 0 Å². The minimum absolute atomic E-state index is 0.366. The lowest BCUT2D eigenvalue weighted by Gasteiger charge is -2.02. The molecule has 0 atom stereocenters. The highest BCUT2D eigenvalue weighted by molar-refractivity contribution is 14.1. The summed E-state index contributed by atoms with van der Waals surface area (Å²) in [5.41, 5.74) is 11.7. The van der Waals surface area contributed by atoms with Gasteiger partial charge in [-0.25, -0.2) is 9.97 Å². The van der Waals surface area contributed by atoms with Crippen molar-refractivity contribution in [2.24, 2.45) is 5.73 Å². The second-order valence-corrected chi connectivity index (χ2v) is 4.15. The maximum Gasteiger partial charge on any atom is 0.250 e. The zero-order valence-corrected chi connectivity index (χ0v) is 9.72. The average Bonchev–Trinajstić information content (AvgIpc) is 2.19. The fourth-order valence-corrected chi connectivity index (χ4v) is 1.64. The zero-order chi connectivity index (χ0) is 11.0. The summed E-state index contributed by atoms with van der Waals surface area (Å²) in [6.07, 6.45) is 1.39. The summed E-state index contributed by atoms with van der Waals surface area (Å²) in [6, 6.07) is 3.47. The number of hydrogen-bond donors (Lipinski definition) is 2. The molecule has 0 aliphatic heterocycles. The van der Waals surface area contributed by atoms with Gasteiger partial charge in [0, 0.05) is 11.6 Å². The van der Waals surface area contributed by atoms with E-state index < -0.39 is 5.91 Å². The number of fused-ring (bicyclic) bond motifs is 1. The first-order chi connectivity index (χ1) is 7.08. The van der Waals surface area contributed by atoms with E-state index in [4.69, 9.17) is 11.5 Å². The standard InChI is InChI=1S/C9H7IN4O/c10-6-2-4-1-5(8(12)15)3-13-9(4)14-7(6)11/h1-3H,(H2,12,15)(H2,11,13,14). The lowest BCUT2D eigenvalue weighted by atomic mass is 10.2. The molecule has 15 heavy (non-hydrogen) atoms. The van der Waals surface area contributed by atoms with Crippen LogP contribution in [-0.2, 0) is 0 Å². The van der Waals surface area contributed by atoms with Crippen molar-refractivity contribution in [1.29, 1.82) is 0 Å². The molecule has 0 aromatic carbocycles. The van der Waals surface area contributed by atoms with Crippen LogP contribution in [0.1, 0.15) is 10.4 Å². The van der Waals surface area contributed by atoms with Crippen LogP contribution in [0, 0.1) is 3.57 Å². The van der Waals surface area contributed by atoms with E-state index >= 15 is 0 Å². The maximum atomic E-state index is 10.9. The molecule has 0 spiro atoms. The summed E-state index contributed by atoms with van der Waals surface area (Å²) >= 11 is 2.07. The molecular formula is C9H7IN4O. The highest BCUT2D eigenvalue weighted by Crippen LogP contribution is 2.19. The molecule has 1 amide bonds. The van der Waals surface area contributed by atoms with Crippen molar-refractivity contribution in [3.8, 4) is 0 Å². The summed E-state index contributed by atoms with van der Waals surface area (Å²) in [6.45, 7) is 0. The van der Waals surface area contributed by atoms with Gasteiger partial charge in [-0.05, 0) is 34.7 Å². The Hall–Kier alpha value is -1.44. The smallest absolute Gasteiger partial charge is 0.250 e. The maximum absolute atomic E-state index is 10.9. The Labute approximate surface area is 99.0 Å². The Morgan fingerprint density at radius 3 is 2.80 bits per heavy atom. The van der Waals surface area contributed by atoms with Crippen molar-refractivity contribution in [2.45, 2.75) is 0 Å². The van der Waals surface area contributed by atoms with Crippen LogP contribution in [0.4, 0.5) is 5.82 Å². The largest absolute Gasteiger partial charge is 0.383 e. The number of pyridine rings is 2. The third-order valence-corrected chi connectivity index (χ3v) is 2.80. The molecule has 0 aliphatic rings. The van der Waals surface area contributed by atoms with E-state index in [9.17, 15) is 4.79 Å². The van der Waals surface area contributed by atoms with E-state index in [1.165, 1.54) is 6.20 Å². The predicted molar refractivity (Wildman–Crippen MR) is 65.2 cm³/mol. The van der Waals surface area contributed by atoms with Crippen molar-refractivity contribution in [3.63, 3.8) is 0 Å². The first kappa shape index (κ1) is 10.1. The second kappa shape index (κ2) is 3.61. The quantitative estimate of drug-likeness (QED) is 0.765. The van der Waals surface area contributed by atoms with Gasteiger partial charge in [0.1, 0.15) is 5.82 Å². The summed E-state index contributed by atoms with van der Waals surface area (Å²) in [5.74, 6) is -0.0707. The summed E-state index contributed by atoms with van der Waals surface area (Å²) in [5, 5.41) is 0.755. The first-order valence-corrected chi connectivity index (χ1v) is 5.17. The number of anilines is 1. The van der Waals surface area contributed by atoms with Gasteiger partial charge < -0.3 is 11.5 Å². The number of carbonyl (C=O) groups is 1. The Kier molecular flexibility index (Phi) is 2.43. The van der Waals surface area contributed by atoms with Crippen molar-refractivity contribution in [1.82, 2.24) is 9.97 Å². The van der Waals surface area contributed by atoms with Crippen LogP contribution in [0.3, 0.4) is 0 Å². The molecule has 0 unspecified atom stereocenters. The van der Waals surface area contributed by atoms with Crippen LogP contribution in [0.25, 0.3) is 11.0 Å². The van der Waals surface area contributed by atoms with Crippen molar-refractivity contribution in [2.75, 3.05) is 5.73 Å². The molecule has 0 saturated carbocycles. The molecule has 6 heteroatoms. The zero-order valence-electron chi connectivity index (χ0n) is 7.57. The summed E-state index contributed by atoms with van der Waals surface area (Å²) in [7, 11) is 0. The number of nitrogens with zero attached hydrogens (tertiary/aromatic N) is 2. The van der Waals surface area contributed by atoms with E-state index in [1.807, 2.05) is 6.07 Å². The third-order valence-electron chi connectivity index (χ3n) is 1.93. The van der Waals surface area contributed by atoms with Crippen LogP contribution in [0.15, 0.2) is 18.3 Å². The number of hydrogen-bond acceptors (Lipinski definition) is 4. The summed E-state index contributed by atoms with van der Waals surface area (Å²) in [4.78, 5) is 19.0. The fraction of sp³-hybridized carbons (Fsp3) is 0. The van der Waals surface area contributed by atoms with Crippen molar-refractivity contribution >= 4 is 45.3 Å². The molecule has 5 nitrogen and oxygen atoms in total. The van der Waals surface area contributed by atoms with Gasteiger partial charge in [0.15, 0.2) is 5.65 Å². The van der Waals surface area contributed by atoms with E-state index in [0.29, 0.717) is 17.0 Å². The molecule has 0 saturated heterocycles. The van der Waals surface area contributed by atoms with E-state index in [2.05, 4.69) is 32.6 Å². The number of rotatable bonds is 1. The monoisotopic (exact) mass is 314 g/mol. The molecule has 2 heterocycles. The SMILES string of the molecule is NC(=O)c1cnc2nc(N)c(I)cc2c1. The molecule has 2 aromatic rings. The number of amides is 1. The fourth-order valence-electron chi connectivity index (χ4n) is 1.19. The normalized spacial score (nSPS) is 10.5. The Morgan fingerprint density at radius 2 is 2.13 bits per heavy atom. The number of carbonyl (C=O) groups excluding carboxylic acids is 1. The van der Waals surface area contributed by atoms with Gasteiger partial charge in [0.2, 0.25) is 5.91 Å². The van der Waals surface area contributed by atoms with Crippen LogP contribution >= 0.6 is 22.6 Å². The van der Waals surface area contributed by atoms with E-state index in [-0.39, 0.29) is 0 Å². The number of halogens is 1. The minimum atomic E-state index is -0.503. The Bertz CT molecular complexity index is 555. The van der Waals surface area contributed by atoms with E-state index in [0.717, 1.165) is 8.96 Å². The lowest BCUT2D eigenvalue weighted by Crippen LogP contribution is -2.11. The average molecular weight is 314 g/mol. The number of nitrogens with two attached hydrogens (primary N) is 2. The predicted octanol–water partition coefficient (Wildman–Crippen LogP) is 0.916. The molecule has 0 fully saturated rings. The van der Waals surface area contributed by atoms with Gasteiger partial charge in [-0.15, -0.1) is 0 Å². The number of primary amides is 1. The van der Waals surface area contributed by atoms with Gasteiger partial charge in [0.05, 0.1) is 9.13 Å². The molecular weight excluding hydrogens is 307 g/mol. The van der Waals surface area contributed by atoms with Crippen LogP contribution in [0.5, 0.6) is 0 Å². The third kappa shape index (κ3) is 1.84. The second-order valence-electron chi connectivity index (χ2n) is 2.99. The van der Waals surface area contributed by atoms with Gasteiger partial charge in [0.25, 0.3) is 0 Å². The topological polar surface area (TPSA) is 94.9 Å². The van der Waals surface area contributed by atoms with Gasteiger partial charge in [-0.1, -0.05) is 0 Å². The molecule has 2 rings (SSSR count).